The third-order valence-electron chi connectivity index (χ3n) is 7.24. The SMILES string of the molecule is C[S+]([O-])c1nc2c(c(N3CCN(C(=O)OCc4ccccc4)C(CC#N)C3)n1)C[C@@H]1C[C@H]2N(C(=O)O)C1. The van der Waals surface area contributed by atoms with E-state index in [0.29, 0.717) is 50.5 Å². The second-order valence-electron chi connectivity index (χ2n) is 9.60. The van der Waals surface area contributed by atoms with E-state index < -0.39 is 29.4 Å². The van der Waals surface area contributed by atoms with Gasteiger partial charge in [-0.3, -0.25) is 4.90 Å². The molecule has 0 saturated carbocycles. The fourth-order valence-corrected chi connectivity index (χ4v) is 5.97. The number of aromatic nitrogens is 2. The number of hydrogen-bond donors (Lipinski definition) is 1. The third kappa shape index (κ3) is 5.01. The van der Waals surface area contributed by atoms with Gasteiger partial charge in [0.05, 0.1) is 30.3 Å². The van der Waals surface area contributed by atoms with E-state index in [1.807, 2.05) is 35.2 Å². The van der Waals surface area contributed by atoms with Gasteiger partial charge in [-0.1, -0.05) is 30.3 Å². The molecule has 5 rings (SSSR count). The van der Waals surface area contributed by atoms with Gasteiger partial charge in [0, 0.05) is 42.9 Å². The van der Waals surface area contributed by atoms with Crippen LogP contribution >= 0.6 is 0 Å². The van der Waals surface area contributed by atoms with E-state index in [9.17, 15) is 24.5 Å². The Hall–Kier alpha value is -3.56. The summed E-state index contributed by atoms with van der Waals surface area (Å²) in [6.45, 7) is 1.70. The Morgan fingerprint density at radius 2 is 2.00 bits per heavy atom. The van der Waals surface area contributed by atoms with Gasteiger partial charge in [-0.2, -0.15) is 15.2 Å². The number of nitrogens with zero attached hydrogens (tertiary/aromatic N) is 6. The van der Waals surface area contributed by atoms with Gasteiger partial charge in [0.15, 0.2) is 0 Å². The van der Waals surface area contributed by atoms with Crippen molar-refractivity contribution in [2.45, 2.75) is 43.1 Å². The molecule has 3 heterocycles. The van der Waals surface area contributed by atoms with Crippen molar-refractivity contribution in [1.29, 1.82) is 5.26 Å². The summed E-state index contributed by atoms with van der Waals surface area (Å²) in [5.74, 6) is 0.787. The Labute approximate surface area is 217 Å². The summed E-state index contributed by atoms with van der Waals surface area (Å²) >= 11 is -1.47. The lowest BCUT2D eigenvalue weighted by molar-refractivity contribution is 0.0767. The van der Waals surface area contributed by atoms with Crippen molar-refractivity contribution in [2.24, 2.45) is 5.92 Å². The highest BCUT2D eigenvalue weighted by Gasteiger charge is 2.45. The molecule has 37 heavy (non-hydrogen) atoms. The Morgan fingerprint density at radius 1 is 1.22 bits per heavy atom. The zero-order valence-corrected chi connectivity index (χ0v) is 21.3. The number of ether oxygens (including phenoxy) is 1. The molecule has 1 aliphatic carbocycles. The van der Waals surface area contributed by atoms with Crippen LogP contribution < -0.4 is 4.90 Å². The first kappa shape index (κ1) is 25.1. The van der Waals surface area contributed by atoms with Gasteiger partial charge >= 0.3 is 17.3 Å². The molecule has 12 heteroatoms. The molecule has 2 aromatic rings. The van der Waals surface area contributed by atoms with Crippen molar-refractivity contribution < 1.29 is 24.0 Å². The number of carbonyl (C=O) groups is 2. The molecule has 2 unspecified atom stereocenters. The Bertz CT molecular complexity index is 1220. The maximum atomic E-state index is 12.9. The number of nitriles is 1. The van der Waals surface area contributed by atoms with Gasteiger partial charge in [0.1, 0.15) is 18.7 Å². The van der Waals surface area contributed by atoms with Crippen LogP contribution in [0.3, 0.4) is 0 Å². The molecule has 3 aliphatic rings. The van der Waals surface area contributed by atoms with E-state index >= 15 is 0 Å². The molecule has 1 aromatic carbocycles. The number of rotatable bonds is 5. The van der Waals surface area contributed by atoms with Crippen LogP contribution in [0.4, 0.5) is 15.4 Å². The van der Waals surface area contributed by atoms with Crippen molar-refractivity contribution in [3.63, 3.8) is 0 Å². The van der Waals surface area contributed by atoms with E-state index in [1.54, 1.807) is 4.90 Å². The number of benzene rings is 1. The highest BCUT2D eigenvalue weighted by molar-refractivity contribution is 7.90. The second kappa shape index (κ2) is 10.4. The maximum Gasteiger partial charge on any atom is 0.410 e. The summed E-state index contributed by atoms with van der Waals surface area (Å²) in [7, 11) is 0. The quantitative estimate of drug-likeness (QED) is 0.460. The molecule has 0 radical (unpaired) electrons. The van der Waals surface area contributed by atoms with E-state index in [4.69, 9.17) is 4.74 Å². The van der Waals surface area contributed by atoms with Crippen LogP contribution in [-0.4, -0.2) is 80.1 Å². The van der Waals surface area contributed by atoms with Crippen molar-refractivity contribution in [2.75, 3.05) is 37.3 Å². The number of hydrogen-bond acceptors (Lipinski definition) is 8. The average molecular weight is 525 g/mol. The van der Waals surface area contributed by atoms with Gasteiger partial charge < -0.3 is 24.2 Å². The van der Waals surface area contributed by atoms with Crippen LogP contribution in [-0.2, 0) is 28.9 Å². The van der Waals surface area contributed by atoms with E-state index in [0.717, 1.165) is 11.1 Å². The zero-order chi connectivity index (χ0) is 26.1. The topological polar surface area (TPSA) is 146 Å². The highest BCUT2D eigenvalue weighted by Crippen LogP contribution is 2.45. The number of likely N-dealkylation sites (tertiary alicyclic amines) is 1. The van der Waals surface area contributed by atoms with Gasteiger partial charge in [0.2, 0.25) is 0 Å². The van der Waals surface area contributed by atoms with Crippen LogP contribution in [0.25, 0.3) is 0 Å². The lowest BCUT2D eigenvalue weighted by Gasteiger charge is -2.41. The Kier molecular flexibility index (Phi) is 7.08. The Balaban J connectivity index is 1.39. The predicted octanol–water partition coefficient (Wildman–Crippen LogP) is 2.55. The molecule has 194 valence electrons. The summed E-state index contributed by atoms with van der Waals surface area (Å²) in [6, 6.07) is 10.8. The first-order valence-corrected chi connectivity index (χ1v) is 13.7. The molecular weight excluding hydrogens is 496 g/mol. The molecule has 11 nitrogen and oxygen atoms in total. The molecule has 2 bridgehead atoms. The molecule has 1 aromatic heterocycles. The number of carbonyl (C=O) groups excluding carboxylic acids is 1. The smallest absolute Gasteiger partial charge is 0.410 e. The second-order valence-corrected chi connectivity index (χ2v) is 10.9. The number of carboxylic acid groups (broad SMARTS) is 1. The lowest BCUT2D eigenvalue weighted by Crippen LogP contribution is -2.55. The van der Waals surface area contributed by atoms with Crippen molar-refractivity contribution in [3.8, 4) is 6.07 Å². The standard InChI is InChI=1S/C25H28N6O5S/c1-37(35)23-27-21-19(11-17-12-20(21)31(13-17)24(32)33)22(28-23)29-9-10-30(18(14-29)7-8-26)25(34)36-15-16-5-3-2-4-6-16/h2-6,17-18,20H,7,9-15H2,1H3,(H,32,33)/t17-,18?,20-,37?/m1/s1. The summed E-state index contributed by atoms with van der Waals surface area (Å²) in [6.07, 6.45) is 1.47. The lowest BCUT2D eigenvalue weighted by atomic mass is 9.87. The normalized spacial score (nSPS) is 23.3. The fourth-order valence-electron chi connectivity index (χ4n) is 5.53. The van der Waals surface area contributed by atoms with E-state index in [2.05, 4.69) is 16.0 Å². The summed E-state index contributed by atoms with van der Waals surface area (Å²) < 4.78 is 17.9. The molecule has 2 saturated heterocycles. The van der Waals surface area contributed by atoms with Gasteiger partial charge in [0.25, 0.3) is 0 Å². The highest BCUT2D eigenvalue weighted by atomic mass is 32.2. The zero-order valence-electron chi connectivity index (χ0n) is 20.4. The van der Waals surface area contributed by atoms with E-state index in [1.165, 1.54) is 11.2 Å². The molecule has 1 N–H and O–H groups in total. The molecule has 2 aliphatic heterocycles. The van der Waals surface area contributed by atoms with Crippen LogP contribution in [0.1, 0.15) is 35.7 Å². The number of amides is 2. The minimum atomic E-state index is -1.47. The van der Waals surface area contributed by atoms with Crippen LogP contribution in [0, 0.1) is 17.2 Å². The molecule has 2 fully saturated rings. The first-order chi connectivity index (χ1) is 17.9. The van der Waals surface area contributed by atoms with Crippen LogP contribution in [0.15, 0.2) is 35.5 Å². The fraction of sp³-hybridized carbons (Fsp3) is 0.480. The van der Waals surface area contributed by atoms with Gasteiger partial charge in [-0.05, 0) is 24.3 Å². The molecular formula is C25H28N6O5S. The molecule has 4 atom stereocenters. The summed E-state index contributed by atoms with van der Waals surface area (Å²) in [5, 5.41) is 19.3. The summed E-state index contributed by atoms with van der Waals surface area (Å²) in [4.78, 5) is 39.0. The number of piperazine rings is 1. The van der Waals surface area contributed by atoms with Gasteiger partial charge in [-0.25, -0.2) is 9.59 Å². The Morgan fingerprint density at radius 3 is 2.70 bits per heavy atom. The minimum Gasteiger partial charge on any atom is -0.609 e. The van der Waals surface area contributed by atoms with Crippen molar-refractivity contribution >= 4 is 29.2 Å². The van der Waals surface area contributed by atoms with E-state index in [-0.39, 0.29) is 30.1 Å². The van der Waals surface area contributed by atoms with Crippen LogP contribution in [0.5, 0.6) is 0 Å². The maximum absolute atomic E-state index is 12.9. The monoisotopic (exact) mass is 524 g/mol. The van der Waals surface area contributed by atoms with Crippen LogP contribution in [0.2, 0.25) is 0 Å². The first-order valence-electron chi connectivity index (χ1n) is 12.2. The number of fused-ring (bicyclic) bond motifs is 4. The van der Waals surface area contributed by atoms with Crippen molar-refractivity contribution in [1.82, 2.24) is 19.8 Å². The predicted molar refractivity (Wildman–Crippen MR) is 133 cm³/mol. The average Bonchev–Trinajstić information content (AvgIpc) is 3.25. The van der Waals surface area contributed by atoms with Crippen molar-refractivity contribution in [3.05, 3.63) is 47.2 Å². The molecule has 0 spiro atoms. The number of anilines is 1. The summed E-state index contributed by atoms with van der Waals surface area (Å²) in [5.41, 5.74) is 2.37. The molecule has 2 amide bonds. The largest absolute Gasteiger partial charge is 0.609 e. The minimum absolute atomic E-state index is 0.120. The third-order valence-corrected chi connectivity index (χ3v) is 7.94. The van der Waals surface area contributed by atoms with Gasteiger partial charge in [-0.15, -0.1) is 0 Å².